The molecule has 1 fully saturated rings. The zero-order valence-corrected chi connectivity index (χ0v) is 10.7. The number of fused-ring (bicyclic) bond motifs is 1. The number of nitrogens with one attached hydrogen (secondary N) is 1. The highest BCUT2D eigenvalue weighted by atomic mass is 35.5. The van der Waals surface area contributed by atoms with E-state index in [2.05, 4.69) is 5.32 Å². The van der Waals surface area contributed by atoms with Crippen molar-refractivity contribution in [2.75, 3.05) is 0 Å². The Morgan fingerprint density at radius 1 is 1.06 bits per heavy atom. The highest BCUT2D eigenvalue weighted by molar-refractivity contribution is 6.33. The molecule has 3 nitrogen and oxygen atoms in total. The molecule has 1 N–H and O–H groups in total. The third-order valence-corrected chi connectivity index (χ3v) is 4.23. The Morgan fingerprint density at radius 3 is 2.50 bits per heavy atom. The normalized spacial score (nSPS) is 19.8. The van der Waals surface area contributed by atoms with Gasteiger partial charge in [0, 0.05) is 5.02 Å². The maximum Gasteiger partial charge on any atom is 0.259 e. The van der Waals surface area contributed by atoms with Crippen molar-refractivity contribution in [1.29, 1.82) is 0 Å². The Hall–Kier alpha value is -1.35. The predicted octanol–water partition coefficient (Wildman–Crippen LogP) is 3.27. The van der Waals surface area contributed by atoms with Crippen molar-refractivity contribution in [3.8, 4) is 0 Å². The molecule has 1 heterocycles. The molecule has 18 heavy (non-hydrogen) atoms. The SMILES string of the molecule is O=C1NC(=O)c2c1ccc(Cl)c2C1CCCCC1. The maximum absolute atomic E-state index is 11.9. The van der Waals surface area contributed by atoms with E-state index in [1.807, 2.05) is 0 Å². The smallest absolute Gasteiger partial charge is 0.259 e. The number of hydrogen-bond acceptors (Lipinski definition) is 2. The van der Waals surface area contributed by atoms with Gasteiger partial charge in [0.2, 0.25) is 0 Å². The molecule has 0 saturated heterocycles. The van der Waals surface area contributed by atoms with E-state index in [1.165, 1.54) is 19.3 Å². The van der Waals surface area contributed by atoms with Gasteiger partial charge in [-0.05, 0) is 36.5 Å². The molecule has 1 saturated carbocycles. The molecule has 4 heteroatoms. The Labute approximate surface area is 111 Å². The van der Waals surface area contributed by atoms with E-state index < -0.39 is 0 Å². The standard InChI is InChI=1S/C14H14ClNO2/c15-10-7-6-9-12(14(18)16-13(9)17)11(10)8-4-2-1-3-5-8/h6-8H,1-5H2,(H,16,17,18). The summed E-state index contributed by atoms with van der Waals surface area (Å²) in [5.74, 6) is -0.278. The molecule has 0 radical (unpaired) electrons. The van der Waals surface area contributed by atoms with Gasteiger partial charge in [-0.2, -0.15) is 0 Å². The predicted molar refractivity (Wildman–Crippen MR) is 69.1 cm³/mol. The minimum absolute atomic E-state index is 0.293. The number of amides is 2. The highest BCUT2D eigenvalue weighted by Crippen LogP contribution is 2.40. The number of halogens is 1. The summed E-state index contributed by atoms with van der Waals surface area (Å²) in [6.45, 7) is 0. The van der Waals surface area contributed by atoms with E-state index in [1.54, 1.807) is 12.1 Å². The molecular weight excluding hydrogens is 250 g/mol. The average molecular weight is 264 g/mol. The third kappa shape index (κ3) is 1.74. The Balaban J connectivity index is 2.13. The molecule has 94 valence electrons. The van der Waals surface area contributed by atoms with Crippen LogP contribution in [0.1, 0.15) is 64.3 Å². The molecule has 2 amide bonds. The van der Waals surface area contributed by atoms with E-state index in [0.29, 0.717) is 22.1 Å². The first-order valence-electron chi connectivity index (χ1n) is 6.36. The van der Waals surface area contributed by atoms with E-state index >= 15 is 0 Å². The van der Waals surface area contributed by atoms with Crippen LogP contribution in [0.25, 0.3) is 0 Å². The van der Waals surface area contributed by atoms with Crippen molar-refractivity contribution in [3.63, 3.8) is 0 Å². The van der Waals surface area contributed by atoms with Crippen LogP contribution in [0.15, 0.2) is 12.1 Å². The molecule has 2 aliphatic rings. The lowest BCUT2D eigenvalue weighted by Gasteiger charge is -2.24. The van der Waals surface area contributed by atoms with Gasteiger partial charge in [-0.1, -0.05) is 30.9 Å². The van der Waals surface area contributed by atoms with Crippen molar-refractivity contribution in [2.24, 2.45) is 0 Å². The van der Waals surface area contributed by atoms with Crippen molar-refractivity contribution in [1.82, 2.24) is 5.32 Å². The molecule has 1 aliphatic heterocycles. The summed E-state index contributed by atoms with van der Waals surface area (Å²) in [7, 11) is 0. The second-order valence-corrected chi connectivity index (χ2v) is 5.41. The lowest BCUT2D eigenvalue weighted by atomic mass is 9.81. The zero-order chi connectivity index (χ0) is 12.7. The van der Waals surface area contributed by atoms with Gasteiger partial charge in [0.15, 0.2) is 0 Å². The fourth-order valence-electron chi connectivity index (χ4n) is 3.05. The van der Waals surface area contributed by atoms with Crippen LogP contribution in [0.3, 0.4) is 0 Å². The third-order valence-electron chi connectivity index (χ3n) is 3.90. The molecule has 0 bridgehead atoms. The van der Waals surface area contributed by atoms with Gasteiger partial charge < -0.3 is 0 Å². The van der Waals surface area contributed by atoms with Crippen LogP contribution in [0.5, 0.6) is 0 Å². The molecule has 0 spiro atoms. The van der Waals surface area contributed by atoms with Gasteiger partial charge >= 0.3 is 0 Å². The van der Waals surface area contributed by atoms with Crippen molar-refractivity contribution in [2.45, 2.75) is 38.0 Å². The van der Waals surface area contributed by atoms with Gasteiger partial charge in [-0.15, -0.1) is 0 Å². The fourth-order valence-corrected chi connectivity index (χ4v) is 3.36. The molecular formula is C14H14ClNO2. The Bertz CT molecular complexity index is 533. The summed E-state index contributed by atoms with van der Waals surface area (Å²) >= 11 is 6.26. The van der Waals surface area contributed by atoms with Crippen LogP contribution in [-0.2, 0) is 0 Å². The fraction of sp³-hybridized carbons (Fsp3) is 0.429. The van der Waals surface area contributed by atoms with Crippen molar-refractivity contribution < 1.29 is 9.59 Å². The van der Waals surface area contributed by atoms with Crippen molar-refractivity contribution in [3.05, 3.63) is 33.8 Å². The topological polar surface area (TPSA) is 46.2 Å². The Morgan fingerprint density at radius 2 is 1.78 bits per heavy atom. The van der Waals surface area contributed by atoms with Gasteiger partial charge in [0.1, 0.15) is 0 Å². The number of benzene rings is 1. The monoisotopic (exact) mass is 263 g/mol. The van der Waals surface area contributed by atoms with Crippen LogP contribution < -0.4 is 5.32 Å². The minimum atomic E-state index is -0.302. The summed E-state index contributed by atoms with van der Waals surface area (Å²) in [6, 6.07) is 3.38. The van der Waals surface area contributed by atoms with E-state index in [9.17, 15) is 9.59 Å². The highest BCUT2D eigenvalue weighted by Gasteiger charge is 2.33. The lowest BCUT2D eigenvalue weighted by Crippen LogP contribution is -2.20. The maximum atomic E-state index is 11.9. The number of imide groups is 1. The van der Waals surface area contributed by atoms with Crippen LogP contribution >= 0.6 is 11.6 Å². The summed E-state index contributed by atoms with van der Waals surface area (Å²) in [5.41, 5.74) is 1.88. The largest absolute Gasteiger partial charge is 0.288 e. The quantitative estimate of drug-likeness (QED) is 0.791. The zero-order valence-electron chi connectivity index (χ0n) is 9.96. The summed E-state index contributed by atoms with van der Waals surface area (Å²) in [5, 5.41) is 2.97. The second-order valence-electron chi connectivity index (χ2n) is 5.00. The Kier molecular flexibility index (Phi) is 2.86. The van der Waals surface area contributed by atoms with E-state index in [4.69, 9.17) is 11.6 Å². The molecule has 0 unspecified atom stereocenters. The van der Waals surface area contributed by atoms with Crippen LogP contribution in [0, 0.1) is 0 Å². The lowest BCUT2D eigenvalue weighted by molar-refractivity contribution is 0.0879. The van der Waals surface area contributed by atoms with Crippen molar-refractivity contribution >= 4 is 23.4 Å². The molecule has 1 aliphatic carbocycles. The number of hydrogen-bond donors (Lipinski definition) is 1. The first-order chi connectivity index (χ1) is 8.68. The number of carbonyl (C=O) groups is 2. The van der Waals surface area contributed by atoms with Crippen LogP contribution in [-0.4, -0.2) is 11.8 Å². The van der Waals surface area contributed by atoms with E-state index in [-0.39, 0.29) is 11.8 Å². The first kappa shape index (κ1) is 11.7. The summed E-state index contributed by atoms with van der Waals surface area (Å²) < 4.78 is 0. The van der Waals surface area contributed by atoms with E-state index in [0.717, 1.165) is 18.4 Å². The number of rotatable bonds is 1. The molecule has 3 rings (SSSR count). The first-order valence-corrected chi connectivity index (χ1v) is 6.74. The van der Waals surface area contributed by atoms with Gasteiger partial charge in [0.25, 0.3) is 11.8 Å². The van der Waals surface area contributed by atoms with Gasteiger partial charge in [-0.25, -0.2) is 0 Å². The van der Waals surface area contributed by atoms with Crippen LogP contribution in [0.2, 0.25) is 5.02 Å². The van der Waals surface area contributed by atoms with Gasteiger partial charge in [0.05, 0.1) is 11.1 Å². The summed E-state index contributed by atoms with van der Waals surface area (Å²) in [4.78, 5) is 23.5. The van der Waals surface area contributed by atoms with Gasteiger partial charge in [-0.3, -0.25) is 14.9 Å². The number of carbonyl (C=O) groups excluding carboxylic acids is 2. The molecule has 0 aromatic heterocycles. The molecule has 0 atom stereocenters. The minimum Gasteiger partial charge on any atom is -0.288 e. The molecule has 1 aromatic rings. The van der Waals surface area contributed by atoms with Crippen LogP contribution in [0.4, 0.5) is 0 Å². The summed E-state index contributed by atoms with van der Waals surface area (Å²) in [6.07, 6.45) is 5.68. The molecule has 1 aromatic carbocycles. The average Bonchev–Trinajstić information content (AvgIpc) is 2.66. The second kappa shape index (κ2) is 4.39.